The Labute approximate surface area is 205 Å². The van der Waals surface area contributed by atoms with Crippen molar-refractivity contribution in [3.05, 3.63) is 68.2 Å². The average Bonchev–Trinajstić information content (AvgIpc) is 3.14. The molecule has 0 unspecified atom stereocenters. The molecule has 1 aliphatic rings. The van der Waals surface area contributed by atoms with Crippen LogP contribution in [0.5, 0.6) is 0 Å². The zero-order valence-electron chi connectivity index (χ0n) is 17.5. The Hall–Kier alpha value is -1.90. The SMILES string of the molecule is CCc1c(C(=O)NN2CCC[C@H](O)C2)nn(-c2ccc(Cl)cc2Cl)c1-c1ccc(Br)cc1. The molecule has 2 N–H and O–H groups in total. The van der Waals surface area contributed by atoms with Gasteiger partial charge in [-0.2, -0.15) is 5.10 Å². The van der Waals surface area contributed by atoms with E-state index in [4.69, 9.17) is 28.3 Å². The Kier molecular flexibility index (Phi) is 7.22. The summed E-state index contributed by atoms with van der Waals surface area (Å²) in [5, 5.41) is 17.4. The predicted molar refractivity (Wildman–Crippen MR) is 130 cm³/mol. The van der Waals surface area contributed by atoms with Crippen LogP contribution < -0.4 is 5.43 Å². The number of hydrazine groups is 1. The van der Waals surface area contributed by atoms with Crippen molar-refractivity contribution < 1.29 is 9.90 Å². The van der Waals surface area contributed by atoms with Gasteiger partial charge in [0.05, 0.1) is 22.5 Å². The molecular formula is C23H23BrCl2N4O2. The lowest BCUT2D eigenvalue weighted by Crippen LogP contribution is -2.49. The number of hydrogen-bond donors (Lipinski definition) is 2. The van der Waals surface area contributed by atoms with Crippen LogP contribution in [0.4, 0.5) is 0 Å². The van der Waals surface area contributed by atoms with E-state index in [2.05, 4.69) is 21.4 Å². The molecule has 0 spiro atoms. The van der Waals surface area contributed by atoms with E-state index in [9.17, 15) is 9.90 Å². The van der Waals surface area contributed by atoms with Crippen LogP contribution in [0.25, 0.3) is 16.9 Å². The number of carbonyl (C=O) groups is 1. The Morgan fingerprint density at radius 2 is 2.00 bits per heavy atom. The smallest absolute Gasteiger partial charge is 0.286 e. The maximum absolute atomic E-state index is 13.2. The molecule has 4 rings (SSSR count). The molecule has 1 amide bonds. The van der Waals surface area contributed by atoms with Gasteiger partial charge in [-0.1, -0.05) is 58.2 Å². The van der Waals surface area contributed by atoms with Crippen LogP contribution in [0.3, 0.4) is 0 Å². The van der Waals surface area contributed by atoms with Gasteiger partial charge in [-0.25, -0.2) is 9.69 Å². The highest BCUT2D eigenvalue weighted by molar-refractivity contribution is 9.10. The van der Waals surface area contributed by atoms with Crippen LogP contribution in [0.15, 0.2) is 46.9 Å². The fourth-order valence-corrected chi connectivity index (χ4v) is 4.71. The first-order valence-electron chi connectivity index (χ1n) is 10.4. The number of aromatic nitrogens is 2. The molecule has 32 heavy (non-hydrogen) atoms. The van der Waals surface area contributed by atoms with Gasteiger partial charge in [-0.05, 0) is 49.6 Å². The van der Waals surface area contributed by atoms with E-state index in [-0.39, 0.29) is 5.91 Å². The number of rotatable bonds is 5. The summed E-state index contributed by atoms with van der Waals surface area (Å²) in [6, 6.07) is 13.0. The molecule has 9 heteroatoms. The number of nitrogens with zero attached hydrogens (tertiary/aromatic N) is 3. The lowest BCUT2D eigenvalue weighted by Gasteiger charge is -2.29. The third kappa shape index (κ3) is 4.87. The monoisotopic (exact) mass is 536 g/mol. The molecule has 3 aromatic rings. The molecule has 2 heterocycles. The van der Waals surface area contributed by atoms with Gasteiger partial charge in [0.2, 0.25) is 0 Å². The van der Waals surface area contributed by atoms with Crippen molar-refractivity contribution in [1.29, 1.82) is 0 Å². The van der Waals surface area contributed by atoms with Crippen LogP contribution in [0, 0.1) is 0 Å². The van der Waals surface area contributed by atoms with Crippen LogP contribution in [0.1, 0.15) is 35.8 Å². The van der Waals surface area contributed by atoms with Crippen LogP contribution >= 0.6 is 39.1 Å². The van der Waals surface area contributed by atoms with Crippen LogP contribution in [0.2, 0.25) is 10.0 Å². The number of piperidine rings is 1. The van der Waals surface area contributed by atoms with Crippen molar-refractivity contribution >= 4 is 45.0 Å². The maximum atomic E-state index is 13.2. The summed E-state index contributed by atoms with van der Waals surface area (Å²) >= 11 is 16.1. The molecule has 1 atom stereocenters. The number of carbonyl (C=O) groups excluding carboxylic acids is 1. The molecule has 0 radical (unpaired) electrons. The molecule has 2 aromatic carbocycles. The number of nitrogens with one attached hydrogen (secondary N) is 1. The largest absolute Gasteiger partial charge is 0.392 e. The first kappa shape index (κ1) is 23.3. The van der Waals surface area contributed by atoms with E-state index in [0.29, 0.717) is 40.9 Å². The highest BCUT2D eigenvalue weighted by Gasteiger charge is 2.27. The lowest BCUT2D eigenvalue weighted by molar-refractivity contribution is 0.0363. The fraction of sp³-hybridized carbons (Fsp3) is 0.304. The summed E-state index contributed by atoms with van der Waals surface area (Å²) in [5.74, 6) is -0.307. The topological polar surface area (TPSA) is 70.4 Å². The first-order valence-corrected chi connectivity index (χ1v) is 12.0. The second-order valence-electron chi connectivity index (χ2n) is 7.73. The number of β-amino-alcohol motifs (C(OH)–C–C–N with tert-alkyl or cyclic N) is 1. The van der Waals surface area contributed by atoms with Crippen molar-refractivity contribution in [3.8, 4) is 16.9 Å². The third-order valence-corrected chi connectivity index (χ3v) is 6.53. The van der Waals surface area contributed by atoms with Crippen molar-refractivity contribution in [3.63, 3.8) is 0 Å². The Balaban J connectivity index is 1.82. The van der Waals surface area contributed by atoms with E-state index in [1.165, 1.54) is 0 Å². The number of aliphatic hydroxyl groups is 1. The van der Waals surface area contributed by atoms with Crippen molar-refractivity contribution in [2.45, 2.75) is 32.3 Å². The summed E-state index contributed by atoms with van der Waals surface area (Å²) in [4.78, 5) is 13.2. The zero-order valence-corrected chi connectivity index (χ0v) is 20.6. The molecule has 168 valence electrons. The third-order valence-electron chi connectivity index (χ3n) is 5.46. The lowest BCUT2D eigenvalue weighted by atomic mass is 10.0. The van der Waals surface area contributed by atoms with E-state index < -0.39 is 6.10 Å². The summed E-state index contributed by atoms with van der Waals surface area (Å²) in [6.07, 6.45) is 1.71. The molecule has 1 saturated heterocycles. The van der Waals surface area contributed by atoms with E-state index >= 15 is 0 Å². The maximum Gasteiger partial charge on any atom is 0.286 e. The summed E-state index contributed by atoms with van der Waals surface area (Å²) in [7, 11) is 0. The minimum atomic E-state index is -0.446. The van der Waals surface area contributed by atoms with Gasteiger partial charge in [0, 0.05) is 33.7 Å². The molecular weight excluding hydrogens is 515 g/mol. The van der Waals surface area contributed by atoms with E-state index in [1.54, 1.807) is 27.9 Å². The minimum Gasteiger partial charge on any atom is -0.392 e. The Bertz CT molecular complexity index is 1130. The second kappa shape index (κ2) is 9.93. The van der Waals surface area contributed by atoms with Gasteiger partial charge < -0.3 is 5.11 Å². The minimum absolute atomic E-state index is 0.307. The van der Waals surface area contributed by atoms with Gasteiger partial charge in [-0.15, -0.1) is 0 Å². The van der Waals surface area contributed by atoms with Gasteiger partial charge in [0.25, 0.3) is 5.91 Å². The van der Waals surface area contributed by atoms with Crippen LogP contribution in [-0.2, 0) is 6.42 Å². The Morgan fingerprint density at radius 3 is 2.66 bits per heavy atom. The van der Waals surface area contributed by atoms with Crippen molar-refractivity contribution in [2.75, 3.05) is 13.1 Å². The molecule has 1 aromatic heterocycles. The van der Waals surface area contributed by atoms with E-state index in [0.717, 1.165) is 34.1 Å². The molecule has 1 aliphatic heterocycles. The molecule has 0 saturated carbocycles. The zero-order chi connectivity index (χ0) is 22.8. The molecule has 1 fully saturated rings. The number of amides is 1. The van der Waals surface area contributed by atoms with Gasteiger partial charge in [0.1, 0.15) is 0 Å². The van der Waals surface area contributed by atoms with Gasteiger partial charge in [0.15, 0.2) is 5.69 Å². The van der Waals surface area contributed by atoms with Gasteiger partial charge >= 0.3 is 0 Å². The average molecular weight is 538 g/mol. The Morgan fingerprint density at radius 1 is 1.25 bits per heavy atom. The number of halogens is 3. The highest BCUT2D eigenvalue weighted by Crippen LogP contribution is 2.34. The molecule has 0 bridgehead atoms. The van der Waals surface area contributed by atoms with Crippen molar-refractivity contribution in [2.24, 2.45) is 0 Å². The normalized spacial score (nSPS) is 16.8. The fourth-order valence-electron chi connectivity index (χ4n) is 3.95. The summed E-state index contributed by atoms with van der Waals surface area (Å²) in [5.41, 5.74) is 6.40. The standard InChI is InChI=1S/C23H23BrCl2N4O2/c1-2-18-21(23(32)28-29-11-3-4-17(31)13-29)27-30(20-10-9-16(25)12-19(20)26)22(18)14-5-7-15(24)8-6-14/h5-10,12,17,31H,2-4,11,13H2,1H3,(H,28,32)/t17-/m0/s1. The number of aliphatic hydroxyl groups excluding tert-OH is 1. The number of hydrogen-bond acceptors (Lipinski definition) is 4. The second-order valence-corrected chi connectivity index (χ2v) is 9.49. The van der Waals surface area contributed by atoms with E-state index in [1.807, 2.05) is 31.2 Å². The predicted octanol–water partition coefficient (Wildman–Crippen LogP) is 5.27. The molecule has 0 aliphatic carbocycles. The van der Waals surface area contributed by atoms with Crippen molar-refractivity contribution in [1.82, 2.24) is 20.2 Å². The quantitative estimate of drug-likeness (QED) is 0.465. The number of benzene rings is 2. The van der Waals surface area contributed by atoms with Crippen LogP contribution in [-0.4, -0.2) is 45.0 Å². The summed E-state index contributed by atoms with van der Waals surface area (Å²) < 4.78 is 2.66. The van der Waals surface area contributed by atoms with Gasteiger partial charge in [-0.3, -0.25) is 10.2 Å². The first-order chi connectivity index (χ1) is 15.4. The summed E-state index contributed by atoms with van der Waals surface area (Å²) in [6.45, 7) is 3.08. The highest BCUT2D eigenvalue weighted by atomic mass is 79.9. The molecule has 6 nitrogen and oxygen atoms in total.